The fourth-order valence-electron chi connectivity index (χ4n) is 2.01. The molecule has 1 nitrogen and oxygen atoms in total. The van der Waals surface area contributed by atoms with Crippen LogP contribution in [0.25, 0.3) is 0 Å². The molecule has 0 spiro atoms. The van der Waals surface area contributed by atoms with E-state index in [2.05, 4.69) is 38.1 Å². The van der Waals surface area contributed by atoms with Crippen molar-refractivity contribution in [1.82, 2.24) is 0 Å². The summed E-state index contributed by atoms with van der Waals surface area (Å²) in [7, 11) is 0. The van der Waals surface area contributed by atoms with E-state index < -0.39 is 0 Å². The van der Waals surface area contributed by atoms with Crippen molar-refractivity contribution in [2.45, 2.75) is 39.2 Å². The molecule has 0 saturated heterocycles. The molecule has 0 heterocycles. The molecule has 1 saturated carbocycles. The van der Waals surface area contributed by atoms with Crippen LogP contribution < -0.4 is 0 Å². The van der Waals surface area contributed by atoms with Crippen LogP contribution in [0.3, 0.4) is 0 Å². The standard InChI is InChI=1S/C14H20O/c1-10(2)9-11-3-5-12(6-4-11)14(15)13-7-8-13/h3-6,10,13-15H,7-9H2,1-2H3. The van der Waals surface area contributed by atoms with Gasteiger partial charge < -0.3 is 5.11 Å². The average Bonchev–Trinajstić information content (AvgIpc) is 3.00. The maximum absolute atomic E-state index is 9.93. The zero-order valence-electron chi connectivity index (χ0n) is 9.61. The van der Waals surface area contributed by atoms with Gasteiger partial charge in [0, 0.05) is 0 Å². The zero-order valence-corrected chi connectivity index (χ0v) is 9.61. The molecular weight excluding hydrogens is 184 g/mol. The number of hydrogen-bond donors (Lipinski definition) is 1. The van der Waals surface area contributed by atoms with Crippen molar-refractivity contribution < 1.29 is 5.11 Å². The molecule has 1 aliphatic carbocycles. The van der Waals surface area contributed by atoms with Crippen LogP contribution in [0.5, 0.6) is 0 Å². The highest BCUT2D eigenvalue weighted by molar-refractivity contribution is 5.25. The Balaban J connectivity index is 2.02. The van der Waals surface area contributed by atoms with Crippen LogP contribution >= 0.6 is 0 Å². The van der Waals surface area contributed by atoms with E-state index in [1.807, 2.05) is 0 Å². The maximum Gasteiger partial charge on any atom is 0.0818 e. The molecule has 1 fully saturated rings. The van der Waals surface area contributed by atoms with Crippen molar-refractivity contribution in [3.05, 3.63) is 35.4 Å². The van der Waals surface area contributed by atoms with Crippen molar-refractivity contribution in [3.8, 4) is 0 Å². The van der Waals surface area contributed by atoms with Gasteiger partial charge >= 0.3 is 0 Å². The summed E-state index contributed by atoms with van der Waals surface area (Å²) in [6, 6.07) is 8.48. The van der Waals surface area contributed by atoms with Crippen LogP contribution in [0, 0.1) is 11.8 Å². The number of aliphatic hydroxyl groups is 1. The van der Waals surface area contributed by atoms with Gasteiger partial charge in [-0.1, -0.05) is 38.1 Å². The van der Waals surface area contributed by atoms with Crippen molar-refractivity contribution in [1.29, 1.82) is 0 Å². The predicted octanol–water partition coefficient (Wildman–Crippen LogP) is 3.33. The molecule has 1 atom stereocenters. The maximum atomic E-state index is 9.93. The Labute approximate surface area is 92.1 Å². The Morgan fingerprint density at radius 2 is 1.80 bits per heavy atom. The number of rotatable bonds is 4. The predicted molar refractivity (Wildman–Crippen MR) is 62.7 cm³/mol. The Bertz CT molecular complexity index is 309. The average molecular weight is 204 g/mol. The fourth-order valence-corrected chi connectivity index (χ4v) is 2.01. The molecule has 82 valence electrons. The van der Waals surface area contributed by atoms with E-state index in [1.165, 1.54) is 18.4 Å². The molecule has 2 rings (SSSR count). The minimum absolute atomic E-state index is 0.224. The minimum atomic E-state index is -0.224. The van der Waals surface area contributed by atoms with Gasteiger partial charge in [0.25, 0.3) is 0 Å². The molecule has 1 heteroatoms. The van der Waals surface area contributed by atoms with Crippen LogP contribution in [0.2, 0.25) is 0 Å². The van der Waals surface area contributed by atoms with Crippen LogP contribution in [0.4, 0.5) is 0 Å². The van der Waals surface area contributed by atoms with Crippen LogP contribution in [0.1, 0.15) is 43.9 Å². The van der Waals surface area contributed by atoms with E-state index in [0.717, 1.165) is 12.0 Å². The second-order valence-electron chi connectivity index (χ2n) is 5.12. The van der Waals surface area contributed by atoms with E-state index >= 15 is 0 Å². The summed E-state index contributed by atoms with van der Waals surface area (Å²) in [6.45, 7) is 4.46. The van der Waals surface area contributed by atoms with Gasteiger partial charge in [0.05, 0.1) is 6.10 Å². The van der Waals surface area contributed by atoms with E-state index in [9.17, 15) is 5.11 Å². The van der Waals surface area contributed by atoms with Gasteiger partial charge in [-0.25, -0.2) is 0 Å². The topological polar surface area (TPSA) is 20.2 Å². The highest BCUT2D eigenvalue weighted by atomic mass is 16.3. The first-order valence-electron chi connectivity index (χ1n) is 5.93. The monoisotopic (exact) mass is 204 g/mol. The van der Waals surface area contributed by atoms with E-state index in [-0.39, 0.29) is 6.10 Å². The Morgan fingerprint density at radius 3 is 2.27 bits per heavy atom. The fraction of sp³-hybridized carbons (Fsp3) is 0.571. The first kappa shape index (κ1) is 10.7. The molecule has 0 radical (unpaired) electrons. The third kappa shape index (κ3) is 2.82. The largest absolute Gasteiger partial charge is 0.388 e. The zero-order chi connectivity index (χ0) is 10.8. The summed E-state index contributed by atoms with van der Waals surface area (Å²) >= 11 is 0. The van der Waals surface area contributed by atoms with Gasteiger partial charge in [-0.3, -0.25) is 0 Å². The summed E-state index contributed by atoms with van der Waals surface area (Å²) in [5.41, 5.74) is 2.46. The number of benzene rings is 1. The Hall–Kier alpha value is -0.820. The summed E-state index contributed by atoms with van der Waals surface area (Å²) in [4.78, 5) is 0. The molecule has 1 unspecified atom stereocenters. The van der Waals surface area contributed by atoms with Gasteiger partial charge in [0.2, 0.25) is 0 Å². The molecule has 15 heavy (non-hydrogen) atoms. The minimum Gasteiger partial charge on any atom is -0.388 e. The van der Waals surface area contributed by atoms with E-state index in [0.29, 0.717) is 11.8 Å². The summed E-state index contributed by atoms with van der Waals surface area (Å²) in [5, 5.41) is 9.93. The molecule has 0 bridgehead atoms. The molecule has 0 aromatic heterocycles. The van der Waals surface area contributed by atoms with Crippen molar-refractivity contribution in [2.75, 3.05) is 0 Å². The van der Waals surface area contributed by atoms with Crippen LogP contribution in [0.15, 0.2) is 24.3 Å². The second-order valence-corrected chi connectivity index (χ2v) is 5.12. The molecule has 0 aliphatic heterocycles. The van der Waals surface area contributed by atoms with Crippen LogP contribution in [-0.4, -0.2) is 5.11 Å². The lowest BCUT2D eigenvalue weighted by Crippen LogP contribution is -2.00. The van der Waals surface area contributed by atoms with Crippen LogP contribution in [-0.2, 0) is 6.42 Å². The quantitative estimate of drug-likeness (QED) is 0.797. The van der Waals surface area contributed by atoms with E-state index in [1.54, 1.807) is 0 Å². The third-order valence-corrected chi connectivity index (χ3v) is 3.03. The summed E-state index contributed by atoms with van der Waals surface area (Å²) in [5.74, 6) is 1.23. The number of aliphatic hydroxyl groups excluding tert-OH is 1. The Kier molecular flexibility index (Phi) is 3.11. The first-order chi connectivity index (χ1) is 7.16. The Morgan fingerprint density at radius 1 is 1.20 bits per heavy atom. The number of hydrogen-bond acceptors (Lipinski definition) is 1. The van der Waals surface area contributed by atoms with Gasteiger partial charge in [0.15, 0.2) is 0 Å². The van der Waals surface area contributed by atoms with Crippen molar-refractivity contribution in [2.24, 2.45) is 11.8 Å². The third-order valence-electron chi connectivity index (χ3n) is 3.03. The molecule has 1 aliphatic rings. The van der Waals surface area contributed by atoms with Gasteiger partial charge in [0.1, 0.15) is 0 Å². The van der Waals surface area contributed by atoms with Gasteiger partial charge in [-0.2, -0.15) is 0 Å². The molecular formula is C14H20O. The normalized spacial score (nSPS) is 18.1. The smallest absolute Gasteiger partial charge is 0.0818 e. The SMILES string of the molecule is CC(C)Cc1ccc(C(O)C2CC2)cc1. The summed E-state index contributed by atoms with van der Waals surface area (Å²) in [6.07, 6.45) is 3.28. The van der Waals surface area contributed by atoms with Crippen molar-refractivity contribution in [3.63, 3.8) is 0 Å². The second kappa shape index (κ2) is 4.36. The molecule has 1 aromatic carbocycles. The lowest BCUT2D eigenvalue weighted by atomic mass is 9.99. The molecule has 1 N–H and O–H groups in total. The lowest BCUT2D eigenvalue weighted by Gasteiger charge is -2.11. The first-order valence-corrected chi connectivity index (χ1v) is 5.93. The summed E-state index contributed by atoms with van der Waals surface area (Å²) < 4.78 is 0. The van der Waals surface area contributed by atoms with Gasteiger partial charge in [-0.05, 0) is 42.2 Å². The lowest BCUT2D eigenvalue weighted by molar-refractivity contribution is 0.154. The van der Waals surface area contributed by atoms with Crippen molar-refractivity contribution >= 4 is 0 Å². The highest BCUT2D eigenvalue weighted by Crippen LogP contribution is 2.40. The van der Waals surface area contributed by atoms with E-state index in [4.69, 9.17) is 0 Å². The molecule has 0 amide bonds. The highest BCUT2D eigenvalue weighted by Gasteiger charge is 2.30. The molecule has 1 aromatic rings. The van der Waals surface area contributed by atoms with Gasteiger partial charge in [-0.15, -0.1) is 0 Å².